The maximum absolute atomic E-state index is 11.2. The fourth-order valence-corrected chi connectivity index (χ4v) is 3.48. The maximum atomic E-state index is 11.2. The predicted octanol–water partition coefficient (Wildman–Crippen LogP) is -0.340. The van der Waals surface area contributed by atoms with Crippen molar-refractivity contribution in [2.45, 2.75) is 19.0 Å². The summed E-state index contributed by atoms with van der Waals surface area (Å²) < 4.78 is 24.2. The highest BCUT2D eigenvalue weighted by Crippen LogP contribution is 2.10. The van der Waals surface area contributed by atoms with Gasteiger partial charge in [0.05, 0.1) is 18.1 Å². The van der Waals surface area contributed by atoms with Gasteiger partial charge in [-0.05, 0) is 12.5 Å². The SMILES string of the molecule is O=S1(=O)CCC(NCCn2cccn2)C1. The molecule has 1 fully saturated rings. The third-order valence-corrected chi connectivity index (χ3v) is 4.33. The molecule has 1 aliphatic rings. The zero-order valence-electron chi connectivity index (χ0n) is 8.46. The summed E-state index contributed by atoms with van der Waals surface area (Å²) in [5, 5.41) is 7.30. The van der Waals surface area contributed by atoms with E-state index in [1.165, 1.54) is 0 Å². The number of rotatable bonds is 4. The van der Waals surface area contributed by atoms with Gasteiger partial charge in [0.15, 0.2) is 9.84 Å². The molecular weight excluding hydrogens is 214 g/mol. The first-order valence-corrected chi connectivity index (χ1v) is 6.89. The van der Waals surface area contributed by atoms with Gasteiger partial charge in [0.25, 0.3) is 0 Å². The molecule has 1 atom stereocenters. The van der Waals surface area contributed by atoms with Gasteiger partial charge in [0, 0.05) is 25.0 Å². The first kappa shape index (κ1) is 10.6. The van der Waals surface area contributed by atoms with E-state index in [-0.39, 0.29) is 11.8 Å². The summed E-state index contributed by atoms with van der Waals surface area (Å²) >= 11 is 0. The molecule has 0 aliphatic carbocycles. The van der Waals surface area contributed by atoms with Gasteiger partial charge in [-0.1, -0.05) is 0 Å². The Balaban J connectivity index is 1.71. The molecule has 1 aromatic heterocycles. The maximum Gasteiger partial charge on any atom is 0.151 e. The van der Waals surface area contributed by atoms with E-state index in [0.717, 1.165) is 19.5 Å². The number of nitrogens with one attached hydrogen (secondary N) is 1. The zero-order chi connectivity index (χ0) is 10.7. The number of sulfone groups is 1. The van der Waals surface area contributed by atoms with Crippen LogP contribution < -0.4 is 5.32 Å². The summed E-state index contributed by atoms with van der Waals surface area (Å²) in [5.74, 6) is 0.610. The first-order chi connectivity index (χ1) is 7.16. The van der Waals surface area contributed by atoms with Crippen LogP contribution in [-0.4, -0.2) is 42.3 Å². The van der Waals surface area contributed by atoms with Gasteiger partial charge >= 0.3 is 0 Å². The molecule has 0 amide bonds. The van der Waals surface area contributed by atoms with Crippen LogP contribution in [0.15, 0.2) is 18.5 Å². The molecule has 1 aromatic rings. The van der Waals surface area contributed by atoms with Crippen LogP contribution in [0.2, 0.25) is 0 Å². The second-order valence-electron chi connectivity index (χ2n) is 3.82. The van der Waals surface area contributed by atoms with Crippen molar-refractivity contribution in [2.75, 3.05) is 18.1 Å². The summed E-state index contributed by atoms with van der Waals surface area (Å²) in [6, 6.07) is 2.01. The van der Waals surface area contributed by atoms with Crippen molar-refractivity contribution in [3.8, 4) is 0 Å². The molecule has 1 N–H and O–H groups in total. The van der Waals surface area contributed by atoms with Crippen LogP contribution in [0, 0.1) is 0 Å². The molecule has 1 unspecified atom stereocenters. The molecular formula is C9H15N3O2S. The fraction of sp³-hybridized carbons (Fsp3) is 0.667. The van der Waals surface area contributed by atoms with E-state index in [2.05, 4.69) is 10.4 Å². The van der Waals surface area contributed by atoms with Gasteiger partial charge in [-0.25, -0.2) is 8.42 Å². The average molecular weight is 229 g/mol. The molecule has 5 nitrogen and oxygen atoms in total. The Morgan fingerprint density at radius 3 is 3.00 bits per heavy atom. The van der Waals surface area contributed by atoms with Gasteiger partial charge in [-0.2, -0.15) is 5.10 Å². The minimum atomic E-state index is -2.76. The molecule has 0 spiro atoms. The van der Waals surface area contributed by atoms with E-state index < -0.39 is 9.84 Å². The Morgan fingerprint density at radius 2 is 2.40 bits per heavy atom. The Hall–Kier alpha value is -0.880. The van der Waals surface area contributed by atoms with E-state index in [1.807, 2.05) is 16.9 Å². The Kier molecular flexibility index (Phi) is 3.06. The van der Waals surface area contributed by atoms with Gasteiger partial charge in [0.1, 0.15) is 0 Å². The highest BCUT2D eigenvalue weighted by Gasteiger charge is 2.26. The van der Waals surface area contributed by atoms with Gasteiger partial charge in [0.2, 0.25) is 0 Å². The summed E-state index contributed by atoms with van der Waals surface area (Å²) in [6.07, 6.45) is 4.37. The van der Waals surface area contributed by atoms with E-state index in [1.54, 1.807) is 6.20 Å². The monoisotopic (exact) mass is 229 g/mol. The smallest absolute Gasteiger partial charge is 0.151 e. The van der Waals surface area contributed by atoms with Crippen LogP contribution in [0.25, 0.3) is 0 Å². The number of hydrogen-bond donors (Lipinski definition) is 1. The van der Waals surface area contributed by atoms with Crippen LogP contribution in [0.1, 0.15) is 6.42 Å². The molecule has 6 heteroatoms. The van der Waals surface area contributed by atoms with E-state index in [0.29, 0.717) is 5.75 Å². The van der Waals surface area contributed by atoms with Crippen molar-refractivity contribution in [1.29, 1.82) is 0 Å². The molecule has 0 bridgehead atoms. The zero-order valence-corrected chi connectivity index (χ0v) is 9.28. The highest BCUT2D eigenvalue weighted by atomic mass is 32.2. The minimum absolute atomic E-state index is 0.130. The largest absolute Gasteiger partial charge is 0.311 e. The summed E-state index contributed by atoms with van der Waals surface area (Å²) in [6.45, 7) is 1.55. The molecule has 1 aliphatic heterocycles. The lowest BCUT2D eigenvalue weighted by Gasteiger charge is -2.10. The molecule has 84 valence electrons. The van der Waals surface area contributed by atoms with Gasteiger partial charge < -0.3 is 5.32 Å². The number of hydrogen-bond acceptors (Lipinski definition) is 4. The lowest BCUT2D eigenvalue weighted by Crippen LogP contribution is -2.32. The third kappa shape index (κ3) is 3.04. The number of aromatic nitrogens is 2. The van der Waals surface area contributed by atoms with Gasteiger partial charge in [-0.15, -0.1) is 0 Å². The topological polar surface area (TPSA) is 64.0 Å². The Labute approximate surface area is 89.4 Å². The van der Waals surface area contributed by atoms with Crippen molar-refractivity contribution < 1.29 is 8.42 Å². The third-order valence-electron chi connectivity index (χ3n) is 2.57. The lowest BCUT2D eigenvalue weighted by atomic mass is 10.3. The van der Waals surface area contributed by atoms with E-state index >= 15 is 0 Å². The van der Waals surface area contributed by atoms with E-state index in [4.69, 9.17) is 0 Å². The van der Waals surface area contributed by atoms with Crippen LogP contribution in [0.5, 0.6) is 0 Å². The van der Waals surface area contributed by atoms with Crippen molar-refractivity contribution in [1.82, 2.24) is 15.1 Å². The van der Waals surface area contributed by atoms with Crippen molar-refractivity contribution in [3.05, 3.63) is 18.5 Å². The minimum Gasteiger partial charge on any atom is -0.311 e. The Morgan fingerprint density at radius 1 is 1.53 bits per heavy atom. The standard InChI is InChI=1S/C9H15N3O2S/c13-15(14)7-2-9(8-15)10-4-6-12-5-1-3-11-12/h1,3,5,9-10H,2,4,6-8H2. The quantitative estimate of drug-likeness (QED) is 0.767. The van der Waals surface area contributed by atoms with Crippen LogP contribution in [0.3, 0.4) is 0 Å². The normalized spacial score (nSPS) is 24.4. The van der Waals surface area contributed by atoms with E-state index in [9.17, 15) is 8.42 Å². The first-order valence-electron chi connectivity index (χ1n) is 5.07. The molecule has 0 aromatic carbocycles. The predicted molar refractivity (Wildman–Crippen MR) is 57.3 cm³/mol. The fourth-order valence-electron chi connectivity index (χ4n) is 1.77. The molecule has 1 saturated heterocycles. The average Bonchev–Trinajstić information content (AvgIpc) is 2.76. The molecule has 0 saturated carbocycles. The van der Waals surface area contributed by atoms with Crippen molar-refractivity contribution in [2.24, 2.45) is 0 Å². The summed E-state index contributed by atoms with van der Waals surface area (Å²) in [5.41, 5.74) is 0. The molecule has 2 heterocycles. The summed E-state index contributed by atoms with van der Waals surface area (Å²) in [7, 11) is -2.76. The second-order valence-corrected chi connectivity index (χ2v) is 6.05. The summed E-state index contributed by atoms with van der Waals surface area (Å²) in [4.78, 5) is 0. The number of nitrogens with zero attached hydrogens (tertiary/aromatic N) is 2. The van der Waals surface area contributed by atoms with Crippen LogP contribution in [0.4, 0.5) is 0 Å². The van der Waals surface area contributed by atoms with Crippen LogP contribution in [-0.2, 0) is 16.4 Å². The second kappa shape index (κ2) is 4.32. The lowest BCUT2D eigenvalue weighted by molar-refractivity contribution is 0.499. The van der Waals surface area contributed by atoms with Crippen molar-refractivity contribution in [3.63, 3.8) is 0 Å². The highest BCUT2D eigenvalue weighted by molar-refractivity contribution is 7.91. The molecule has 2 rings (SSSR count). The van der Waals surface area contributed by atoms with Gasteiger partial charge in [-0.3, -0.25) is 4.68 Å². The molecule has 15 heavy (non-hydrogen) atoms. The van der Waals surface area contributed by atoms with Crippen LogP contribution >= 0.6 is 0 Å². The molecule has 0 radical (unpaired) electrons. The van der Waals surface area contributed by atoms with Crippen molar-refractivity contribution >= 4 is 9.84 Å². The Bertz CT molecular complexity index is 399.